The minimum atomic E-state index is -3.60. The first-order valence-electron chi connectivity index (χ1n) is 6.50. The molecule has 0 aromatic heterocycles. The van der Waals surface area contributed by atoms with Gasteiger partial charge in [0.15, 0.2) is 0 Å². The number of nitrogen functional groups attached to an aromatic ring is 1. The number of anilines is 1. The van der Waals surface area contributed by atoms with E-state index in [1.165, 1.54) is 16.4 Å². The van der Waals surface area contributed by atoms with Crippen molar-refractivity contribution < 1.29 is 12.8 Å². The number of nitrogens with two attached hydrogens (primary N) is 1. The maximum absolute atomic E-state index is 13.4. The van der Waals surface area contributed by atoms with Crippen LogP contribution in [-0.4, -0.2) is 25.8 Å². The molecular weight excluding hydrogens is 267 g/mol. The topological polar surface area (TPSA) is 63.4 Å². The maximum atomic E-state index is 13.4. The zero-order valence-corrected chi connectivity index (χ0v) is 11.8. The Hall–Kier alpha value is -1.14. The molecular formula is C13H19FN2O2S. The lowest BCUT2D eigenvalue weighted by Crippen LogP contribution is -2.38. The molecule has 1 aromatic rings. The lowest BCUT2D eigenvalue weighted by Gasteiger charge is -2.30. The summed E-state index contributed by atoms with van der Waals surface area (Å²) in [6.45, 7) is 3.13. The van der Waals surface area contributed by atoms with Gasteiger partial charge >= 0.3 is 0 Å². The van der Waals surface area contributed by atoms with Gasteiger partial charge in [-0.3, -0.25) is 0 Å². The van der Waals surface area contributed by atoms with Crippen molar-refractivity contribution in [2.24, 2.45) is 5.92 Å². The smallest absolute Gasteiger partial charge is 0.243 e. The van der Waals surface area contributed by atoms with E-state index in [2.05, 4.69) is 6.92 Å². The van der Waals surface area contributed by atoms with E-state index in [1.807, 2.05) is 0 Å². The fraction of sp³-hybridized carbons (Fsp3) is 0.538. The Balaban J connectivity index is 2.21. The second kappa shape index (κ2) is 5.46. The Labute approximate surface area is 113 Å². The van der Waals surface area contributed by atoms with Crippen LogP contribution in [0.2, 0.25) is 0 Å². The summed E-state index contributed by atoms with van der Waals surface area (Å²) in [6.07, 6.45) is 2.81. The average Bonchev–Trinajstić information content (AvgIpc) is 2.41. The van der Waals surface area contributed by atoms with E-state index in [1.54, 1.807) is 0 Å². The fourth-order valence-electron chi connectivity index (χ4n) is 2.38. The first kappa shape index (κ1) is 14.3. The Bertz CT molecular complexity index is 552. The molecule has 19 heavy (non-hydrogen) atoms. The van der Waals surface area contributed by atoms with Crippen LogP contribution in [0.3, 0.4) is 0 Å². The summed E-state index contributed by atoms with van der Waals surface area (Å²) < 4.78 is 39.5. The fourth-order valence-corrected chi connectivity index (χ4v) is 3.86. The Morgan fingerprint density at radius 2 is 2.00 bits per heavy atom. The van der Waals surface area contributed by atoms with Gasteiger partial charge in [-0.15, -0.1) is 0 Å². The van der Waals surface area contributed by atoms with Crippen LogP contribution in [0.15, 0.2) is 23.1 Å². The predicted molar refractivity (Wildman–Crippen MR) is 72.6 cm³/mol. The first-order chi connectivity index (χ1) is 8.95. The lowest BCUT2D eigenvalue weighted by molar-refractivity contribution is 0.269. The van der Waals surface area contributed by atoms with Crippen LogP contribution in [0, 0.1) is 11.7 Å². The minimum absolute atomic E-state index is 0.0193. The molecule has 6 heteroatoms. The van der Waals surface area contributed by atoms with Crippen molar-refractivity contribution in [1.29, 1.82) is 0 Å². The van der Waals surface area contributed by atoms with Gasteiger partial charge in [-0.05, 0) is 37.0 Å². The number of halogens is 1. The summed E-state index contributed by atoms with van der Waals surface area (Å²) in [5.41, 5.74) is 5.32. The summed E-state index contributed by atoms with van der Waals surface area (Å²) >= 11 is 0. The normalized spacial score (nSPS) is 18.6. The van der Waals surface area contributed by atoms with Gasteiger partial charge in [-0.2, -0.15) is 4.31 Å². The minimum Gasteiger partial charge on any atom is -0.396 e. The van der Waals surface area contributed by atoms with E-state index >= 15 is 0 Å². The van der Waals surface area contributed by atoms with Gasteiger partial charge in [-0.25, -0.2) is 12.8 Å². The highest BCUT2D eigenvalue weighted by Crippen LogP contribution is 2.26. The number of sulfonamides is 1. The second-order valence-electron chi connectivity index (χ2n) is 4.94. The summed E-state index contributed by atoms with van der Waals surface area (Å²) in [5.74, 6) is -0.0980. The molecule has 2 rings (SSSR count). The van der Waals surface area contributed by atoms with Gasteiger partial charge in [0.25, 0.3) is 0 Å². The maximum Gasteiger partial charge on any atom is 0.243 e. The third-order valence-corrected chi connectivity index (χ3v) is 5.66. The molecule has 0 unspecified atom stereocenters. The zero-order valence-electron chi connectivity index (χ0n) is 11.0. The van der Waals surface area contributed by atoms with E-state index in [4.69, 9.17) is 5.73 Å². The van der Waals surface area contributed by atoms with Gasteiger partial charge in [0.05, 0.1) is 10.6 Å². The number of nitrogens with zero attached hydrogens (tertiary/aromatic N) is 1. The molecule has 106 valence electrons. The molecule has 0 aliphatic carbocycles. The summed E-state index contributed by atoms with van der Waals surface area (Å²) in [4.78, 5) is -0.0193. The van der Waals surface area contributed by atoms with E-state index < -0.39 is 15.8 Å². The van der Waals surface area contributed by atoms with Crippen molar-refractivity contribution in [2.45, 2.75) is 31.1 Å². The number of benzene rings is 1. The highest BCUT2D eigenvalue weighted by Gasteiger charge is 2.29. The molecule has 0 amide bonds. The molecule has 1 aliphatic rings. The van der Waals surface area contributed by atoms with Crippen LogP contribution >= 0.6 is 0 Å². The predicted octanol–water partition coefficient (Wildman–Crippen LogP) is 2.22. The summed E-state index contributed by atoms with van der Waals surface area (Å²) in [7, 11) is -3.60. The van der Waals surface area contributed by atoms with E-state index in [-0.39, 0.29) is 10.6 Å². The van der Waals surface area contributed by atoms with E-state index in [0.717, 1.165) is 25.3 Å². The number of rotatable bonds is 3. The molecule has 2 N–H and O–H groups in total. The molecule has 1 aliphatic heterocycles. The van der Waals surface area contributed by atoms with Gasteiger partial charge in [0, 0.05) is 13.1 Å². The lowest BCUT2D eigenvalue weighted by atomic mass is 9.96. The van der Waals surface area contributed by atoms with Gasteiger partial charge < -0.3 is 5.73 Å². The Kier molecular flexibility index (Phi) is 4.10. The molecule has 4 nitrogen and oxygen atoms in total. The molecule has 1 fully saturated rings. The van der Waals surface area contributed by atoms with Crippen molar-refractivity contribution in [2.75, 3.05) is 18.8 Å². The summed E-state index contributed by atoms with van der Waals surface area (Å²) in [6, 6.07) is 3.65. The van der Waals surface area contributed by atoms with Gasteiger partial charge in [0.1, 0.15) is 5.82 Å². The van der Waals surface area contributed by atoms with Crippen molar-refractivity contribution in [3.63, 3.8) is 0 Å². The Morgan fingerprint density at radius 3 is 2.53 bits per heavy atom. The number of hydrogen-bond acceptors (Lipinski definition) is 3. The third kappa shape index (κ3) is 2.90. The van der Waals surface area contributed by atoms with E-state index in [9.17, 15) is 12.8 Å². The SMILES string of the molecule is CCC1CCN(S(=O)(=O)c2ccc(N)c(F)c2)CC1. The van der Waals surface area contributed by atoms with Crippen molar-refractivity contribution in [3.8, 4) is 0 Å². The quantitative estimate of drug-likeness (QED) is 0.867. The van der Waals surface area contributed by atoms with Crippen LogP contribution in [0.1, 0.15) is 26.2 Å². The average molecular weight is 286 g/mol. The number of hydrogen-bond donors (Lipinski definition) is 1. The Morgan fingerprint density at radius 1 is 1.37 bits per heavy atom. The van der Waals surface area contributed by atoms with Crippen LogP contribution in [0.25, 0.3) is 0 Å². The summed E-state index contributed by atoms with van der Waals surface area (Å²) in [5, 5.41) is 0. The van der Waals surface area contributed by atoms with Crippen LogP contribution < -0.4 is 5.73 Å². The third-order valence-electron chi connectivity index (χ3n) is 3.76. The van der Waals surface area contributed by atoms with Gasteiger partial charge in [0.2, 0.25) is 10.0 Å². The van der Waals surface area contributed by atoms with Gasteiger partial charge in [-0.1, -0.05) is 13.3 Å². The molecule has 1 saturated heterocycles. The molecule has 0 atom stereocenters. The molecule has 0 saturated carbocycles. The largest absolute Gasteiger partial charge is 0.396 e. The van der Waals surface area contributed by atoms with Crippen LogP contribution in [0.4, 0.5) is 10.1 Å². The molecule has 1 aromatic carbocycles. The molecule has 0 spiro atoms. The second-order valence-corrected chi connectivity index (χ2v) is 6.88. The molecule has 0 bridgehead atoms. The number of piperidine rings is 1. The van der Waals surface area contributed by atoms with E-state index in [0.29, 0.717) is 19.0 Å². The van der Waals surface area contributed by atoms with Crippen molar-refractivity contribution in [3.05, 3.63) is 24.0 Å². The highest BCUT2D eigenvalue weighted by molar-refractivity contribution is 7.89. The highest BCUT2D eigenvalue weighted by atomic mass is 32.2. The standard InChI is InChI=1S/C13H19FN2O2S/c1-2-10-5-7-16(8-6-10)19(17,18)11-3-4-13(15)12(14)9-11/h3-4,9-10H,2,5-8,15H2,1H3. The van der Waals surface area contributed by atoms with Crippen molar-refractivity contribution in [1.82, 2.24) is 4.31 Å². The van der Waals surface area contributed by atoms with Crippen LogP contribution in [-0.2, 0) is 10.0 Å². The van der Waals surface area contributed by atoms with Crippen LogP contribution in [0.5, 0.6) is 0 Å². The first-order valence-corrected chi connectivity index (χ1v) is 7.94. The molecule has 1 heterocycles. The monoisotopic (exact) mass is 286 g/mol. The van der Waals surface area contributed by atoms with Crippen molar-refractivity contribution >= 4 is 15.7 Å². The zero-order chi connectivity index (χ0) is 14.0. The molecule has 0 radical (unpaired) electrons.